The molecular weight excluding hydrogens is 410 g/mol. The molecule has 2 aromatic carbocycles. The molecule has 7 heteroatoms. The molecule has 0 amide bonds. The number of rotatable bonds is 6. The molecule has 0 radical (unpaired) electrons. The maximum atomic E-state index is 12.4. The number of nitrogens with zero attached hydrogens (tertiary/aromatic N) is 1. The number of thiazole rings is 1. The van der Waals surface area contributed by atoms with Gasteiger partial charge in [0, 0.05) is 16.3 Å². The van der Waals surface area contributed by atoms with Crippen molar-refractivity contribution in [3.63, 3.8) is 0 Å². The average Bonchev–Trinajstić information content (AvgIpc) is 3.32. The van der Waals surface area contributed by atoms with Crippen molar-refractivity contribution in [3.8, 4) is 22.1 Å². The van der Waals surface area contributed by atoms with Crippen LogP contribution < -0.4 is 9.47 Å². The lowest BCUT2D eigenvalue weighted by Crippen LogP contribution is -2.08. The van der Waals surface area contributed by atoms with E-state index < -0.39 is 0 Å². The van der Waals surface area contributed by atoms with Crippen LogP contribution in [0.2, 0.25) is 5.02 Å². The predicted octanol–water partition coefficient (Wildman–Crippen LogP) is 5.00. The van der Waals surface area contributed by atoms with Gasteiger partial charge >= 0.3 is 5.97 Å². The zero-order valence-corrected chi connectivity index (χ0v) is 17.7. The summed E-state index contributed by atoms with van der Waals surface area (Å²) in [4.78, 5) is 17.9. The summed E-state index contributed by atoms with van der Waals surface area (Å²) in [7, 11) is 1.60. The summed E-state index contributed by atoms with van der Waals surface area (Å²) >= 11 is 7.50. The lowest BCUT2D eigenvalue weighted by atomic mass is 10.1. The molecular formula is C22H20ClNO4S. The molecule has 1 aliphatic rings. The first kappa shape index (κ1) is 19.7. The fourth-order valence-electron chi connectivity index (χ4n) is 3.22. The third-order valence-electron chi connectivity index (χ3n) is 4.75. The number of aromatic nitrogens is 1. The van der Waals surface area contributed by atoms with Crippen molar-refractivity contribution in [1.29, 1.82) is 0 Å². The molecule has 1 aromatic heterocycles. The average molecular weight is 430 g/mol. The van der Waals surface area contributed by atoms with Crippen LogP contribution in [0, 0.1) is 6.92 Å². The number of hydrogen-bond donors (Lipinski definition) is 0. The molecule has 0 atom stereocenters. The van der Waals surface area contributed by atoms with Gasteiger partial charge in [-0.05, 0) is 48.4 Å². The first-order valence-electron chi connectivity index (χ1n) is 9.24. The first-order chi connectivity index (χ1) is 14.0. The van der Waals surface area contributed by atoms with Crippen LogP contribution in [0.1, 0.15) is 21.7 Å². The fraction of sp³-hybridized carbons (Fsp3) is 0.273. The molecule has 0 saturated heterocycles. The van der Waals surface area contributed by atoms with Crippen LogP contribution >= 0.6 is 22.9 Å². The molecule has 3 aromatic rings. The Labute approximate surface area is 178 Å². The third kappa shape index (κ3) is 4.38. The number of carbonyl (C=O) groups is 1. The number of fused-ring (bicyclic) bond motifs is 1. The molecule has 0 bridgehead atoms. The normalized spacial score (nSPS) is 12.4. The highest BCUT2D eigenvalue weighted by atomic mass is 35.5. The molecule has 29 heavy (non-hydrogen) atoms. The Balaban J connectivity index is 1.42. The second-order valence-corrected chi connectivity index (χ2v) is 8.27. The van der Waals surface area contributed by atoms with E-state index in [1.54, 1.807) is 19.2 Å². The Morgan fingerprint density at radius 3 is 2.97 bits per heavy atom. The van der Waals surface area contributed by atoms with Gasteiger partial charge in [0.1, 0.15) is 23.1 Å². The molecule has 1 aliphatic heterocycles. The van der Waals surface area contributed by atoms with Crippen molar-refractivity contribution in [2.24, 2.45) is 0 Å². The smallest absolute Gasteiger partial charge is 0.311 e. The molecule has 0 spiro atoms. The summed E-state index contributed by atoms with van der Waals surface area (Å²) in [5.74, 6) is 1.30. The standard InChI is InChI=1S/C22H20ClNO4S/c1-13-20(29-22(24-13)17-5-4-16(23)10-19(17)26-2)11-21(25)28-12-14-3-6-18-15(9-14)7-8-27-18/h3-6,9-10H,7-8,11-12H2,1-2H3. The van der Waals surface area contributed by atoms with Crippen LogP contribution in [0.15, 0.2) is 36.4 Å². The van der Waals surface area contributed by atoms with Gasteiger partial charge in [0.15, 0.2) is 0 Å². The van der Waals surface area contributed by atoms with Gasteiger partial charge < -0.3 is 14.2 Å². The zero-order chi connectivity index (χ0) is 20.4. The van der Waals surface area contributed by atoms with Gasteiger partial charge in [-0.2, -0.15) is 0 Å². The Bertz CT molecular complexity index is 1060. The second kappa shape index (κ2) is 8.43. The number of benzene rings is 2. The summed E-state index contributed by atoms with van der Waals surface area (Å²) < 4.78 is 16.4. The summed E-state index contributed by atoms with van der Waals surface area (Å²) in [6, 6.07) is 11.3. The SMILES string of the molecule is COc1cc(Cl)ccc1-c1nc(C)c(CC(=O)OCc2ccc3c(c2)CCO3)s1. The molecule has 0 N–H and O–H groups in total. The Morgan fingerprint density at radius 2 is 2.14 bits per heavy atom. The van der Waals surface area contributed by atoms with E-state index in [0.717, 1.165) is 38.9 Å². The van der Waals surface area contributed by atoms with Crippen LogP contribution in [0.4, 0.5) is 0 Å². The molecule has 0 unspecified atom stereocenters. The summed E-state index contributed by atoms with van der Waals surface area (Å²) in [5.41, 5.74) is 3.80. The monoisotopic (exact) mass is 429 g/mol. The molecule has 150 valence electrons. The molecule has 5 nitrogen and oxygen atoms in total. The topological polar surface area (TPSA) is 57.7 Å². The van der Waals surface area contributed by atoms with Gasteiger partial charge in [-0.1, -0.05) is 17.7 Å². The van der Waals surface area contributed by atoms with E-state index in [1.807, 2.05) is 31.2 Å². The molecule has 4 rings (SSSR count). The van der Waals surface area contributed by atoms with E-state index in [-0.39, 0.29) is 19.0 Å². The summed E-state index contributed by atoms with van der Waals surface area (Å²) in [5, 5.41) is 1.39. The molecule has 0 fully saturated rings. The van der Waals surface area contributed by atoms with Crippen molar-refractivity contribution >= 4 is 28.9 Å². The quantitative estimate of drug-likeness (QED) is 0.516. The number of esters is 1. The van der Waals surface area contributed by atoms with Gasteiger partial charge in [0.2, 0.25) is 0 Å². The molecule has 2 heterocycles. The lowest BCUT2D eigenvalue weighted by molar-refractivity contribution is -0.144. The Kier molecular flexibility index (Phi) is 5.74. The van der Waals surface area contributed by atoms with Crippen LogP contribution in [-0.4, -0.2) is 24.7 Å². The third-order valence-corrected chi connectivity index (χ3v) is 6.17. The second-order valence-electron chi connectivity index (χ2n) is 6.75. The van der Waals surface area contributed by atoms with E-state index in [4.69, 9.17) is 25.8 Å². The number of aryl methyl sites for hydroxylation is 1. The molecule has 0 saturated carbocycles. The van der Waals surface area contributed by atoms with E-state index in [0.29, 0.717) is 17.4 Å². The predicted molar refractivity (Wildman–Crippen MR) is 113 cm³/mol. The number of hydrogen-bond acceptors (Lipinski definition) is 6. The van der Waals surface area contributed by atoms with Crippen LogP contribution in [0.3, 0.4) is 0 Å². The van der Waals surface area contributed by atoms with Gasteiger partial charge in [-0.3, -0.25) is 4.79 Å². The lowest BCUT2D eigenvalue weighted by Gasteiger charge is -2.06. The minimum absolute atomic E-state index is 0.188. The van der Waals surface area contributed by atoms with Gasteiger partial charge in [0.05, 0.1) is 31.4 Å². The number of halogens is 1. The number of ether oxygens (including phenoxy) is 3. The van der Waals surface area contributed by atoms with E-state index >= 15 is 0 Å². The maximum Gasteiger partial charge on any atom is 0.311 e. The minimum atomic E-state index is -0.275. The number of methoxy groups -OCH3 is 1. The minimum Gasteiger partial charge on any atom is -0.496 e. The number of carbonyl (C=O) groups excluding carboxylic acids is 1. The fourth-order valence-corrected chi connectivity index (χ4v) is 4.46. The van der Waals surface area contributed by atoms with Crippen molar-refractivity contribution in [3.05, 3.63) is 63.1 Å². The van der Waals surface area contributed by atoms with E-state index in [1.165, 1.54) is 16.9 Å². The van der Waals surface area contributed by atoms with Crippen molar-refractivity contribution in [1.82, 2.24) is 4.98 Å². The highest BCUT2D eigenvalue weighted by Crippen LogP contribution is 2.36. The Morgan fingerprint density at radius 1 is 1.28 bits per heavy atom. The Hall–Kier alpha value is -2.57. The largest absolute Gasteiger partial charge is 0.496 e. The highest BCUT2D eigenvalue weighted by Gasteiger charge is 2.17. The van der Waals surface area contributed by atoms with Crippen molar-refractivity contribution in [2.75, 3.05) is 13.7 Å². The van der Waals surface area contributed by atoms with Crippen LogP contribution in [0.25, 0.3) is 10.6 Å². The molecule has 0 aliphatic carbocycles. The summed E-state index contributed by atoms with van der Waals surface area (Å²) in [6.45, 7) is 2.86. The highest BCUT2D eigenvalue weighted by molar-refractivity contribution is 7.15. The first-order valence-corrected chi connectivity index (χ1v) is 10.4. The summed E-state index contributed by atoms with van der Waals surface area (Å²) in [6.07, 6.45) is 1.08. The van der Waals surface area contributed by atoms with E-state index in [9.17, 15) is 4.79 Å². The van der Waals surface area contributed by atoms with Crippen LogP contribution in [0.5, 0.6) is 11.5 Å². The van der Waals surface area contributed by atoms with Gasteiger partial charge in [-0.15, -0.1) is 11.3 Å². The van der Waals surface area contributed by atoms with Gasteiger partial charge in [-0.25, -0.2) is 4.98 Å². The van der Waals surface area contributed by atoms with Gasteiger partial charge in [0.25, 0.3) is 0 Å². The van der Waals surface area contributed by atoms with Crippen molar-refractivity contribution < 1.29 is 19.0 Å². The van der Waals surface area contributed by atoms with Crippen molar-refractivity contribution in [2.45, 2.75) is 26.4 Å². The zero-order valence-electron chi connectivity index (χ0n) is 16.2. The van der Waals surface area contributed by atoms with E-state index in [2.05, 4.69) is 4.98 Å². The maximum absolute atomic E-state index is 12.4. The van der Waals surface area contributed by atoms with Crippen LogP contribution in [-0.2, 0) is 29.0 Å².